The molecule has 0 aromatic heterocycles. The van der Waals surface area contributed by atoms with E-state index in [0.717, 1.165) is 0 Å². The molecule has 0 radical (unpaired) electrons. The van der Waals surface area contributed by atoms with Crippen LogP contribution in [0.25, 0.3) is 0 Å². The minimum atomic E-state index is -0.244. The van der Waals surface area contributed by atoms with Gasteiger partial charge in [-0.3, -0.25) is 0 Å². The summed E-state index contributed by atoms with van der Waals surface area (Å²) >= 11 is 0. The molecule has 0 saturated carbocycles. The van der Waals surface area contributed by atoms with Gasteiger partial charge < -0.3 is 5.48 Å². The molecule has 1 fully saturated rings. The fraction of sp³-hybridized carbons (Fsp3) is 0.750. The molecular formula is C8H18OSi. The van der Waals surface area contributed by atoms with Crippen LogP contribution in [0.5, 0.6) is 0 Å². The van der Waals surface area contributed by atoms with Crippen molar-refractivity contribution in [3.63, 3.8) is 0 Å². The van der Waals surface area contributed by atoms with Crippen LogP contribution in [-0.4, -0.2) is 14.3 Å². The van der Waals surface area contributed by atoms with Crippen LogP contribution in [-0.2, 0) is 0 Å². The molecule has 1 aliphatic rings. The number of hydrogen-bond acceptors (Lipinski definition) is 0. The first-order valence-corrected chi connectivity index (χ1v) is 6.49. The molecule has 0 aliphatic carbocycles. The van der Waals surface area contributed by atoms with Crippen LogP contribution in [0.2, 0.25) is 18.1 Å². The maximum Gasteiger partial charge on any atom is 0.0405 e. The zero-order valence-corrected chi connectivity index (χ0v) is 7.76. The van der Waals surface area contributed by atoms with Gasteiger partial charge in [0.1, 0.15) is 0 Å². The summed E-state index contributed by atoms with van der Waals surface area (Å²) in [6.07, 6.45) is 6.66. The highest BCUT2D eigenvalue weighted by Crippen LogP contribution is 2.21. The monoisotopic (exact) mass is 158 g/mol. The predicted octanol–water partition coefficient (Wildman–Crippen LogP) is 1.76. The van der Waals surface area contributed by atoms with Gasteiger partial charge in [0.2, 0.25) is 0 Å². The standard InChI is InChI=1S/C8H16Si.H2O/c1-2-6-9-7-4-3-5-8-9;/h2,9H,1,3-8H2;1H2. The van der Waals surface area contributed by atoms with Gasteiger partial charge in [-0.2, -0.15) is 0 Å². The molecule has 0 amide bonds. The van der Waals surface area contributed by atoms with E-state index >= 15 is 0 Å². The van der Waals surface area contributed by atoms with E-state index in [-0.39, 0.29) is 14.3 Å². The lowest BCUT2D eigenvalue weighted by molar-refractivity contribution is 0.722. The molecule has 1 nitrogen and oxygen atoms in total. The average molecular weight is 158 g/mol. The Morgan fingerprint density at radius 3 is 2.30 bits per heavy atom. The third-order valence-corrected chi connectivity index (χ3v) is 5.67. The molecule has 0 atom stereocenters. The Bertz CT molecular complexity index is 87.3. The quantitative estimate of drug-likeness (QED) is 0.433. The van der Waals surface area contributed by atoms with Crippen molar-refractivity contribution in [2.45, 2.75) is 37.4 Å². The Morgan fingerprint density at radius 1 is 1.20 bits per heavy atom. The lowest BCUT2D eigenvalue weighted by Crippen LogP contribution is -2.14. The molecule has 0 bridgehead atoms. The summed E-state index contributed by atoms with van der Waals surface area (Å²) in [6.45, 7) is 3.79. The zero-order valence-electron chi connectivity index (χ0n) is 6.60. The molecule has 0 spiro atoms. The Balaban J connectivity index is 0.000000810. The van der Waals surface area contributed by atoms with Gasteiger partial charge in [0, 0.05) is 8.80 Å². The Hall–Kier alpha value is -0.0831. The topological polar surface area (TPSA) is 31.5 Å². The van der Waals surface area contributed by atoms with Crippen LogP contribution in [0.4, 0.5) is 0 Å². The molecule has 1 heterocycles. The normalized spacial score (nSPS) is 19.6. The van der Waals surface area contributed by atoms with Gasteiger partial charge in [-0.25, -0.2) is 0 Å². The minimum absolute atomic E-state index is 0. The van der Waals surface area contributed by atoms with Gasteiger partial charge in [-0.1, -0.05) is 37.4 Å². The van der Waals surface area contributed by atoms with Gasteiger partial charge in [-0.05, 0) is 6.04 Å². The van der Waals surface area contributed by atoms with E-state index in [4.69, 9.17) is 0 Å². The van der Waals surface area contributed by atoms with E-state index in [9.17, 15) is 0 Å². The fourth-order valence-corrected chi connectivity index (χ4v) is 4.62. The van der Waals surface area contributed by atoms with Crippen molar-refractivity contribution in [1.82, 2.24) is 0 Å². The van der Waals surface area contributed by atoms with Crippen LogP contribution in [0.15, 0.2) is 12.7 Å². The van der Waals surface area contributed by atoms with Crippen LogP contribution < -0.4 is 0 Å². The lowest BCUT2D eigenvalue weighted by Gasteiger charge is -2.17. The molecule has 1 saturated heterocycles. The van der Waals surface area contributed by atoms with E-state index in [1.54, 1.807) is 12.1 Å². The smallest absolute Gasteiger partial charge is 0.0405 e. The summed E-state index contributed by atoms with van der Waals surface area (Å²) in [5, 5.41) is 0. The SMILES string of the molecule is C=CC[SiH]1CCCCC1.O. The molecule has 2 N–H and O–H groups in total. The van der Waals surface area contributed by atoms with Gasteiger partial charge in [0.05, 0.1) is 0 Å². The molecule has 1 rings (SSSR count). The number of hydrogen-bond donors (Lipinski definition) is 0. The van der Waals surface area contributed by atoms with Gasteiger partial charge in [0.15, 0.2) is 0 Å². The van der Waals surface area contributed by atoms with Crippen LogP contribution >= 0.6 is 0 Å². The molecule has 2 heteroatoms. The highest BCUT2D eigenvalue weighted by Gasteiger charge is 2.12. The summed E-state index contributed by atoms with van der Waals surface area (Å²) in [6, 6.07) is 4.57. The third kappa shape index (κ3) is 3.18. The highest BCUT2D eigenvalue weighted by atomic mass is 28.3. The minimum Gasteiger partial charge on any atom is -0.412 e. The Kier molecular flexibility index (Phi) is 5.64. The van der Waals surface area contributed by atoms with Crippen molar-refractivity contribution >= 4 is 8.80 Å². The van der Waals surface area contributed by atoms with Crippen LogP contribution in [0.1, 0.15) is 19.3 Å². The third-order valence-electron chi connectivity index (χ3n) is 2.22. The number of allylic oxidation sites excluding steroid dienone is 1. The van der Waals surface area contributed by atoms with Crippen molar-refractivity contribution < 1.29 is 5.48 Å². The molecule has 1 aliphatic heterocycles. The largest absolute Gasteiger partial charge is 0.412 e. The second kappa shape index (κ2) is 5.68. The molecule has 60 valence electrons. The van der Waals surface area contributed by atoms with Crippen molar-refractivity contribution in [2.75, 3.05) is 0 Å². The first-order chi connectivity index (χ1) is 4.43. The summed E-state index contributed by atoms with van der Waals surface area (Å²) < 4.78 is 0. The first-order valence-electron chi connectivity index (χ1n) is 4.04. The maximum absolute atomic E-state index is 3.79. The van der Waals surface area contributed by atoms with Crippen molar-refractivity contribution in [3.8, 4) is 0 Å². The molecule has 0 unspecified atom stereocenters. The van der Waals surface area contributed by atoms with Gasteiger partial charge >= 0.3 is 0 Å². The second-order valence-corrected chi connectivity index (χ2v) is 6.39. The lowest BCUT2D eigenvalue weighted by atomic mass is 10.3. The summed E-state index contributed by atoms with van der Waals surface area (Å²) in [4.78, 5) is 0. The van der Waals surface area contributed by atoms with E-state index in [0.29, 0.717) is 0 Å². The molecule has 0 aromatic carbocycles. The van der Waals surface area contributed by atoms with E-state index in [1.807, 2.05) is 0 Å². The fourth-order valence-electron chi connectivity index (χ4n) is 1.66. The summed E-state index contributed by atoms with van der Waals surface area (Å²) in [7, 11) is -0.244. The van der Waals surface area contributed by atoms with Crippen LogP contribution in [0, 0.1) is 0 Å². The number of rotatable bonds is 2. The van der Waals surface area contributed by atoms with E-state index < -0.39 is 0 Å². The zero-order chi connectivity index (χ0) is 6.53. The molecular weight excluding hydrogens is 140 g/mol. The van der Waals surface area contributed by atoms with Crippen molar-refractivity contribution in [2.24, 2.45) is 0 Å². The van der Waals surface area contributed by atoms with E-state index in [1.165, 1.54) is 25.3 Å². The van der Waals surface area contributed by atoms with Gasteiger partial charge in [0.25, 0.3) is 0 Å². The first kappa shape index (κ1) is 9.92. The van der Waals surface area contributed by atoms with Crippen molar-refractivity contribution in [3.05, 3.63) is 12.7 Å². The van der Waals surface area contributed by atoms with Crippen LogP contribution in [0.3, 0.4) is 0 Å². The Morgan fingerprint density at radius 2 is 1.80 bits per heavy atom. The van der Waals surface area contributed by atoms with Crippen molar-refractivity contribution in [1.29, 1.82) is 0 Å². The average Bonchev–Trinajstić information content (AvgIpc) is 1.91. The maximum atomic E-state index is 3.79. The van der Waals surface area contributed by atoms with Gasteiger partial charge in [-0.15, -0.1) is 6.58 Å². The Labute approximate surface area is 65.1 Å². The predicted molar refractivity (Wildman–Crippen MR) is 49.2 cm³/mol. The van der Waals surface area contributed by atoms with E-state index in [2.05, 4.69) is 12.7 Å². The molecule has 0 aromatic rings. The molecule has 10 heavy (non-hydrogen) atoms. The highest BCUT2D eigenvalue weighted by molar-refractivity contribution is 6.59. The summed E-state index contributed by atoms with van der Waals surface area (Å²) in [5.41, 5.74) is 0. The second-order valence-electron chi connectivity index (χ2n) is 3.03. The summed E-state index contributed by atoms with van der Waals surface area (Å²) in [5.74, 6) is 0.